The maximum atomic E-state index is 9.00. The van der Waals surface area contributed by atoms with Crippen LogP contribution < -0.4 is 0 Å². The fraction of sp³-hybridized carbons (Fsp3) is 0.500. The van der Waals surface area contributed by atoms with Crippen molar-refractivity contribution in [2.75, 3.05) is 0 Å². The second-order valence-electron chi connectivity index (χ2n) is 2.08. The molecule has 17 heavy (non-hydrogen) atoms. The number of carbonyl (C=O) groups is 4. The summed E-state index contributed by atoms with van der Waals surface area (Å²) in [6, 6.07) is 0. The van der Waals surface area contributed by atoms with E-state index in [2.05, 4.69) is 0 Å². The molecule has 0 rings (SSSR count). The first kappa shape index (κ1) is 29.6. The van der Waals surface area contributed by atoms with Crippen LogP contribution in [0.2, 0.25) is 0 Å². The number of hydrogen-bond acceptors (Lipinski definition) is 4. The fourth-order valence-corrected chi connectivity index (χ4v) is 0. The van der Waals surface area contributed by atoms with E-state index in [0.717, 1.165) is 27.7 Å². The molecule has 0 aliphatic carbocycles. The molecule has 8 nitrogen and oxygen atoms in total. The van der Waals surface area contributed by atoms with Gasteiger partial charge >= 0.3 is 24.4 Å². The van der Waals surface area contributed by atoms with Crippen LogP contribution in [0.3, 0.4) is 0 Å². The quantitative estimate of drug-likeness (QED) is 0.407. The van der Waals surface area contributed by atoms with E-state index in [1.54, 1.807) is 0 Å². The van der Waals surface area contributed by atoms with Crippen molar-refractivity contribution in [3.05, 3.63) is 0 Å². The number of hydrogen-bond donors (Lipinski definition) is 4. The van der Waals surface area contributed by atoms with Gasteiger partial charge in [-0.25, -0.2) is 0 Å². The van der Waals surface area contributed by atoms with E-state index < -0.39 is 23.9 Å². The third-order valence-electron chi connectivity index (χ3n) is 0. The monoisotopic (exact) mass is 364 g/mol. The van der Waals surface area contributed by atoms with Crippen LogP contribution in [0.15, 0.2) is 0 Å². The molecule has 0 amide bonds. The summed E-state index contributed by atoms with van der Waals surface area (Å²) in [5.74, 6) is -3.33. The fourth-order valence-electron chi connectivity index (χ4n) is 0. The first-order chi connectivity index (χ1) is 6.93. The van der Waals surface area contributed by atoms with Crippen molar-refractivity contribution in [1.29, 1.82) is 0 Å². The van der Waals surface area contributed by atoms with E-state index in [0.29, 0.717) is 0 Å². The predicted molar refractivity (Wildman–Crippen MR) is 63.2 cm³/mol. The summed E-state index contributed by atoms with van der Waals surface area (Å²) in [5.41, 5.74) is 0. The van der Waals surface area contributed by atoms with Crippen LogP contribution in [0, 0.1) is 0 Å². The van der Waals surface area contributed by atoms with Crippen molar-refractivity contribution in [2.45, 2.75) is 27.7 Å². The molecular formula is C8H19O8Sb. The minimum atomic E-state index is -0.833. The van der Waals surface area contributed by atoms with E-state index in [1.165, 1.54) is 0 Å². The number of carboxylic acids is 4. The van der Waals surface area contributed by atoms with Gasteiger partial charge in [0.25, 0.3) is 23.9 Å². The zero-order valence-electron chi connectivity index (χ0n) is 10.1. The van der Waals surface area contributed by atoms with Gasteiger partial charge in [0.15, 0.2) is 0 Å². The summed E-state index contributed by atoms with van der Waals surface area (Å²) in [6.07, 6.45) is 0. The molecule has 104 valence electrons. The Morgan fingerprint density at radius 1 is 0.529 bits per heavy atom. The molecule has 0 unspecified atom stereocenters. The first-order valence-corrected chi connectivity index (χ1v) is 3.71. The van der Waals surface area contributed by atoms with Gasteiger partial charge in [-0.1, -0.05) is 0 Å². The Kier molecular flexibility index (Phi) is 42.0. The Hall–Kier alpha value is -1.30. The Labute approximate surface area is 116 Å². The average Bonchev–Trinajstić information content (AvgIpc) is 1.76. The van der Waals surface area contributed by atoms with Crippen molar-refractivity contribution in [3.8, 4) is 0 Å². The van der Waals surface area contributed by atoms with Crippen LogP contribution in [-0.4, -0.2) is 68.7 Å². The molecule has 0 spiro atoms. The third kappa shape index (κ3) is 1400. The molecule has 0 heterocycles. The molecule has 0 bridgehead atoms. The van der Waals surface area contributed by atoms with Gasteiger partial charge in [0.2, 0.25) is 0 Å². The van der Waals surface area contributed by atoms with E-state index in [4.69, 9.17) is 39.6 Å². The SMILES string of the molecule is CC(=O)O.CC(=O)O.CC(=O)O.CC(=O)O.[SbH3]. The van der Waals surface area contributed by atoms with Gasteiger partial charge < -0.3 is 20.4 Å². The molecule has 0 aromatic carbocycles. The van der Waals surface area contributed by atoms with Crippen molar-refractivity contribution < 1.29 is 39.6 Å². The van der Waals surface area contributed by atoms with Crippen molar-refractivity contribution in [1.82, 2.24) is 0 Å². The molecule has 0 atom stereocenters. The molecule has 9 heteroatoms. The third-order valence-corrected chi connectivity index (χ3v) is 0. The zero-order chi connectivity index (χ0) is 14.3. The van der Waals surface area contributed by atoms with Gasteiger partial charge in [-0.3, -0.25) is 19.2 Å². The summed E-state index contributed by atoms with van der Waals surface area (Å²) in [7, 11) is 0. The van der Waals surface area contributed by atoms with Crippen LogP contribution in [0.1, 0.15) is 27.7 Å². The van der Waals surface area contributed by atoms with Crippen LogP contribution in [-0.2, 0) is 19.2 Å². The zero-order valence-corrected chi connectivity index (χ0v) is 14.2. The second kappa shape index (κ2) is 24.1. The van der Waals surface area contributed by atoms with Crippen molar-refractivity contribution >= 4 is 48.3 Å². The molecule has 0 saturated carbocycles. The van der Waals surface area contributed by atoms with Gasteiger partial charge in [0.1, 0.15) is 0 Å². The molecule has 0 aromatic heterocycles. The van der Waals surface area contributed by atoms with Crippen LogP contribution in [0.25, 0.3) is 0 Å². The van der Waals surface area contributed by atoms with Crippen molar-refractivity contribution in [2.24, 2.45) is 0 Å². The Bertz CT molecular complexity index is 162. The van der Waals surface area contributed by atoms with Gasteiger partial charge in [-0.2, -0.15) is 0 Å². The predicted octanol–water partition coefficient (Wildman–Crippen LogP) is -0.820. The van der Waals surface area contributed by atoms with E-state index in [-0.39, 0.29) is 24.4 Å². The summed E-state index contributed by atoms with van der Waals surface area (Å²) in [5, 5.41) is 29.7. The summed E-state index contributed by atoms with van der Waals surface area (Å²) in [6.45, 7) is 4.33. The molecule has 0 fully saturated rings. The Balaban J connectivity index is -0.0000000369. The summed E-state index contributed by atoms with van der Waals surface area (Å²) < 4.78 is 0. The van der Waals surface area contributed by atoms with E-state index >= 15 is 0 Å². The number of carboxylic acid groups (broad SMARTS) is 4. The molecular weight excluding hydrogens is 346 g/mol. The summed E-state index contributed by atoms with van der Waals surface area (Å²) in [4.78, 5) is 36.0. The van der Waals surface area contributed by atoms with Gasteiger partial charge in [-0.15, -0.1) is 0 Å². The van der Waals surface area contributed by atoms with Gasteiger partial charge in [0.05, 0.1) is 0 Å². The number of aliphatic carboxylic acids is 4. The molecule has 0 aromatic rings. The second-order valence-corrected chi connectivity index (χ2v) is 2.08. The molecule has 0 aliphatic rings. The minimum absolute atomic E-state index is 0. The average molecular weight is 365 g/mol. The Morgan fingerprint density at radius 2 is 0.529 bits per heavy atom. The number of rotatable bonds is 0. The van der Waals surface area contributed by atoms with Gasteiger partial charge in [-0.05, 0) is 0 Å². The maximum absolute atomic E-state index is 9.00. The standard InChI is InChI=1S/4C2H4O2.Sb.3H/c4*1-2(3)4;;;;/h4*1H3,(H,3,4);;;;. The molecule has 0 aliphatic heterocycles. The molecule has 0 radical (unpaired) electrons. The van der Waals surface area contributed by atoms with E-state index in [1.807, 2.05) is 0 Å². The van der Waals surface area contributed by atoms with Crippen LogP contribution in [0.4, 0.5) is 0 Å². The van der Waals surface area contributed by atoms with E-state index in [9.17, 15) is 0 Å². The normalized spacial score (nSPS) is 5.88. The van der Waals surface area contributed by atoms with Crippen molar-refractivity contribution in [3.63, 3.8) is 0 Å². The first-order valence-electron chi connectivity index (χ1n) is 3.71. The van der Waals surface area contributed by atoms with Gasteiger partial charge in [0, 0.05) is 27.7 Å². The van der Waals surface area contributed by atoms with Crippen LogP contribution >= 0.6 is 0 Å². The molecule has 4 N–H and O–H groups in total. The topological polar surface area (TPSA) is 149 Å². The van der Waals surface area contributed by atoms with Crippen LogP contribution in [0.5, 0.6) is 0 Å². The summed E-state index contributed by atoms with van der Waals surface area (Å²) >= 11 is 0. The molecule has 0 saturated heterocycles. The Morgan fingerprint density at radius 3 is 0.529 bits per heavy atom.